The molecule has 0 N–H and O–H groups in total. The molecule has 35 heavy (non-hydrogen) atoms. The molecule has 0 saturated heterocycles. The lowest BCUT2D eigenvalue weighted by molar-refractivity contribution is 0.390. The van der Waals surface area contributed by atoms with Gasteiger partial charge in [-0.05, 0) is 30.3 Å². The lowest BCUT2D eigenvalue weighted by atomic mass is 10.2. The Hall–Kier alpha value is -4.80. The number of halogens is 2. The highest BCUT2D eigenvalue weighted by atomic mass is 19.2. The number of methoxy groups -OCH3 is 2. The Morgan fingerprint density at radius 2 is 1.63 bits per heavy atom. The number of rotatable bonds is 6. The third-order valence-electron chi connectivity index (χ3n) is 5.26. The second-order valence-electron chi connectivity index (χ2n) is 7.34. The first kappa shape index (κ1) is 22.0. The Balaban J connectivity index is 1.66. The maximum Gasteiger partial charge on any atom is 0.251 e. The maximum atomic E-state index is 13.5. The van der Waals surface area contributed by atoms with Gasteiger partial charge in [0.05, 0.1) is 38.0 Å². The van der Waals surface area contributed by atoms with Crippen molar-refractivity contribution < 1.29 is 18.3 Å². The van der Waals surface area contributed by atoms with Gasteiger partial charge in [0.25, 0.3) is 5.43 Å². The third-order valence-corrected chi connectivity index (χ3v) is 5.26. The van der Waals surface area contributed by atoms with Crippen LogP contribution in [0.15, 0.2) is 78.1 Å². The van der Waals surface area contributed by atoms with Crippen LogP contribution in [-0.4, -0.2) is 43.3 Å². The molecule has 176 valence electrons. The smallest absolute Gasteiger partial charge is 0.251 e. The van der Waals surface area contributed by atoms with Crippen LogP contribution in [0.2, 0.25) is 0 Å². The van der Waals surface area contributed by atoms with E-state index in [4.69, 9.17) is 9.47 Å². The van der Waals surface area contributed by atoms with Gasteiger partial charge in [0, 0.05) is 12.4 Å². The summed E-state index contributed by atoms with van der Waals surface area (Å²) in [7, 11) is 2.78. The van der Waals surface area contributed by atoms with Gasteiger partial charge in [-0.15, -0.1) is 0 Å². The Bertz CT molecular complexity index is 1560. The van der Waals surface area contributed by atoms with E-state index in [0.29, 0.717) is 11.4 Å². The Kier molecular flexibility index (Phi) is 5.57. The summed E-state index contributed by atoms with van der Waals surface area (Å²) in [6.07, 6.45) is 4.92. The molecular weight excluding hydrogens is 458 g/mol. The van der Waals surface area contributed by atoms with Gasteiger partial charge in [0.1, 0.15) is 11.5 Å². The predicted molar refractivity (Wildman–Crippen MR) is 123 cm³/mol. The molecule has 5 aromatic rings. The molecule has 4 aromatic heterocycles. The molecule has 0 spiro atoms. The lowest BCUT2D eigenvalue weighted by Gasteiger charge is -2.14. The molecule has 0 amide bonds. The van der Waals surface area contributed by atoms with Crippen molar-refractivity contribution in [1.82, 2.24) is 29.1 Å². The summed E-state index contributed by atoms with van der Waals surface area (Å²) in [6.45, 7) is 0. The van der Waals surface area contributed by atoms with Crippen molar-refractivity contribution in [1.29, 1.82) is 0 Å². The van der Waals surface area contributed by atoms with Crippen molar-refractivity contribution in [2.45, 2.75) is 0 Å². The largest absolute Gasteiger partial charge is 0.491 e. The average molecular weight is 476 g/mol. The number of benzene rings is 1. The minimum absolute atomic E-state index is 0.0384. The van der Waals surface area contributed by atoms with Crippen LogP contribution in [0.1, 0.15) is 0 Å². The number of ether oxygens (including phenoxy) is 2. The quantitative estimate of drug-likeness (QED) is 0.372. The van der Waals surface area contributed by atoms with Crippen LogP contribution < -0.4 is 14.9 Å². The topological polar surface area (TPSA) is 89.0 Å². The first-order chi connectivity index (χ1) is 17.0. The molecule has 0 radical (unpaired) electrons. The van der Waals surface area contributed by atoms with Gasteiger partial charge in [0.15, 0.2) is 23.1 Å². The fraction of sp³-hybridized carbons (Fsp3) is 0.0833. The molecule has 9 nitrogen and oxygen atoms in total. The minimum Gasteiger partial charge on any atom is -0.491 e. The predicted octanol–water partition coefficient (Wildman–Crippen LogP) is 3.57. The monoisotopic (exact) mass is 476 g/mol. The van der Waals surface area contributed by atoms with Crippen LogP contribution in [0.4, 0.5) is 8.78 Å². The number of aromatic nitrogens is 6. The van der Waals surface area contributed by atoms with Crippen molar-refractivity contribution in [3.8, 4) is 40.2 Å². The summed E-state index contributed by atoms with van der Waals surface area (Å²) in [4.78, 5) is 17.5. The zero-order chi connectivity index (χ0) is 24.5. The van der Waals surface area contributed by atoms with Crippen LogP contribution in [0.25, 0.3) is 28.6 Å². The van der Waals surface area contributed by atoms with E-state index < -0.39 is 17.1 Å². The summed E-state index contributed by atoms with van der Waals surface area (Å²) in [5.74, 6) is -1.62. The van der Waals surface area contributed by atoms with Crippen molar-refractivity contribution in [2.24, 2.45) is 0 Å². The van der Waals surface area contributed by atoms with Gasteiger partial charge in [-0.25, -0.2) is 18.1 Å². The Labute approximate surface area is 197 Å². The molecule has 0 unspecified atom stereocenters. The molecular formula is C24H18F2N6O3. The SMILES string of the molecule is COc1nc(-n2cc(F)c(F)c2)ccc1-n1cc(OC)c(=O)c(-c2ccnn2-c2ccccc2)n1. The van der Waals surface area contributed by atoms with Gasteiger partial charge >= 0.3 is 0 Å². The van der Waals surface area contributed by atoms with E-state index in [9.17, 15) is 13.6 Å². The molecule has 0 fully saturated rings. The van der Waals surface area contributed by atoms with E-state index in [1.807, 2.05) is 30.3 Å². The van der Waals surface area contributed by atoms with Gasteiger partial charge < -0.3 is 14.0 Å². The van der Waals surface area contributed by atoms with Gasteiger partial charge in [0.2, 0.25) is 5.88 Å². The summed E-state index contributed by atoms with van der Waals surface area (Å²) in [5, 5.41) is 8.86. The van der Waals surface area contributed by atoms with E-state index in [0.717, 1.165) is 18.1 Å². The van der Waals surface area contributed by atoms with E-state index in [1.165, 1.54) is 35.7 Å². The van der Waals surface area contributed by atoms with Crippen LogP contribution >= 0.6 is 0 Å². The molecule has 0 aliphatic heterocycles. The second-order valence-corrected chi connectivity index (χ2v) is 7.34. The van der Waals surface area contributed by atoms with Crippen LogP contribution in [-0.2, 0) is 0 Å². The molecule has 0 bridgehead atoms. The van der Waals surface area contributed by atoms with Gasteiger partial charge in [-0.1, -0.05) is 18.2 Å². The van der Waals surface area contributed by atoms with Crippen molar-refractivity contribution >= 4 is 0 Å². The van der Waals surface area contributed by atoms with E-state index >= 15 is 0 Å². The van der Waals surface area contributed by atoms with Crippen LogP contribution in [0.5, 0.6) is 11.6 Å². The highest BCUT2D eigenvalue weighted by molar-refractivity contribution is 5.59. The first-order valence-electron chi connectivity index (χ1n) is 10.4. The number of para-hydroxylation sites is 1. The molecule has 1 aromatic carbocycles. The van der Waals surface area contributed by atoms with Crippen LogP contribution in [0, 0.1) is 11.6 Å². The molecule has 4 heterocycles. The fourth-order valence-corrected chi connectivity index (χ4v) is 3.59. The second kappa shape index (κ2) is 8.86. The van der Waals surface area contributed by atoms with E-state index in [-0.39, 0.29) is 23.1 Å². The number of hydrogen-bond donors (Lipinski definition) is 0. The van der Waals surface area contributed by atoms with E-state index in [2.05, 4.69) is 15.2 Å². The molecule has 0 aliphatic rings. The molecule has 0 saturated carbocycles. The van der Waals surface area contributed by atoms with Crippen LogP contribution in [0.3, 0.4) is 0 Å². The zero-order valence-corrected chi connectivity index (χ0v) is 18.6. The van der Waals surface area contributed by atoms with Gasteiger partial charge in [-0.3, -0.25) is 4.79 Å². The minimum atomic E-state index is -0.999. The zero-order valence-electron chi connectivity index (χ0n) is 18.6. The van der Waals surface area contributed by atoms with Crippen molar-refractivity contribution in [3.63, 3.8) is 0 Å². The number of hydrogen-bond acceptors (Lipinski definition) is 6. The molecule has 5 rings (SSSR count). The summed E-state index contributed by atoms with van der Waals surface area (Å²) in [5.41, 5.74) is 1.23. The summed E-state index contributed by atoms with van der Waals surface area (Å²) < 4.78 is 41.9. The molecule has 0 atom stereocenters. The maximum absolute atomic E-state index is 13.5. The number of pyridine rings is 1. The van der Waals surface area contributed by atoms with Crippen molar-refractivity contribution in [3.05, 3.63) is 95.2 Å². The lowest BCUT2D eigenvalue weighted by Crippen LogP contribution is -2.18. The first-order valence-corrected chi connectivity index (χ1v) is 10.4. The third kappa shape index (κ3) is 3.92. The van der Waals surface area contributed by atoms with Gasteiger partial charge in [-0.2, -0.15) is 15.2 Å². The highest BCUT2D eigenvalue weighted by Crippen LogP contribution is 2.25. The van der Waals surface area contributed by atoms with E-state index in [1.54, 1.807) is 23.0 Å². The average Bonchev–Trinajstić information content (AvgIpc) is 3.51. The Morgan fingerprint density at radius 3 is 2.31 bits per heavy atom. The highest BCUT2D eigenvalue weighted by Gasteiger charge is 2.20. The summed E-state index contributed by atoms with van der Waals surface area (Å²) in [6, 6.07) is 14.1. The number of nitrogens with zero attached hydrogens (tertiary/aromatic N) is 6. The Morgan fingerprint density at radius 1 is 0.886 bits per heavy atom. The fourth-order valence-electron chi connectivity index (χ4n) is 3.59. The standard InChI is InChI=1S/C24H18F2N6O3/c1-34-20-14-31(19-8-9-21(28-24(19)35-2)30-12-16(25)17(26)13-30)29-22(23(20)33)18-10-11-27-32(18)15-6-4-3-5-7-15/h3-14H,1-2H3. The summed E-state index contributed by atoms with van der Waals surface area (Å²) >= 11 is 0. The normalized spacial score (nSPS) is 11.0. The molecule has 11 heteroatoms. The molecule has 0 aliphatic carbocycles. The van der Waals surface area contributed by atoms with Crippen molar-refractivity contribution in [2.75, 3.05) is 14.2 Å².